The second kappa shape index (κ2) is 9.93. The van der Waals surface area contributed by atoms with E-state index in [4.69, 9.17) is 13.9 Å². The van der Waals surface area contributed by atoms with E-state index in [0.717, 1.165) is 10.9 Å². The number of aryl methyl sites for hydroxylation is 1. The fourth-order valence-corrected chi connectivity index (χ4v) is 3.91. The molecule has 0 saturated carbocycles. The predicted molar refractivity (Wildman–Crippen MR) is 123 cm³/mol. The number of ether oxygens (including phenoxy) is 2. The van der Waals surface area contributed by atoms with E-state index in [2.05, 4.69) is 10.7 Å². The number of amides is 2. The van der Waals surface area contributed by atoms with Crippen molar-refractivity contribution in [3.63, 3.8) is 0 Å². The third kappa shape index (κ3) is 5.71. The summed E-state index contributed by atoms with van der Waals surface area (Å²) in [5.74, 6) is -0.738. The van der Waals surface area contributed by atoms with Gasteiger partial charge in [-0.05, 0) is 43.7 Å². The number of hydrazine groups is 1. The quantitative estimate of drug-likeness (QED) is 0.320. The van der Waals surface area contributed by atoms with E-state index in [-0.39, 0.29) is 22.3 Å². The van der Waals surface area contributed by atoms with Crippen LogP contribution in [-0.2, 0) is 19.6 Å². The first-order valence-electron chi connectivity index (χ1n) is 9.98. The Morgan fingerprint density at radius 1 is 1.09 bits per heavy atom. The van der Waals surface area contributed by atoms with Crippen molar-refractivity contribution in [2.45, 2.75) is 31.8 Å². The Balaban J connectivity index is 1.68. The maximum Gasteiger partial charge on any atom is 0.336 e. The first kappa shape index (κ1) is 24.7. The molecule has 0 bridgehead atoms. The third-order valence-electron chi connectivity index (χ3n) is 4.71. The van der Waals surface area contributed by atoms with Crippen LogP contribution < -0.4 is 30.7 Å². The lowest BCUT2D eigenvalue weighted by Gasteiger charge is -2.16. The SMILES string of the molecule is COc1cc(S(=O)(=O)NNC(=O)[C@@H](C)Oc2ccc3c(C)cc(=O)oc3c2)ccc1NC(C)=O. The van der Waals surface area contributed by atoms with Gasteiger partial charge in [0.25, 0.3) is 15.9 Å². The minimum atomic E-state index is -4.16. The van der Waals surface area contributed by atoms with E-state index in [1.54, 1.807) is 19.1 Å². The van der Waals surface area contributed by atoms with E-state index < -0.39 is 27.7 Å². The van der Waals surface area contributed by atoms with Gasteiger partial charge in [-0.2, -0.15) is 0 Å². The molecule has 0 spiro atoms. The van der Waals surface area contributed by atoms with Crippen LogP contribution in [-0.4, -0.2) is 33.4 Å². The molecule has 3 rings (SSSR count). The van der Waals surface area contributed by atoms with Crippen LogP contribution >= 0.6 is 0 Å². The zero-order valence-electron chi connectivity index (χ0n) is 18.8. The maximum atomic E-state index is 12.6. The standard InChI is InChI=1S/C22H23N3O8S/c1-12-9-21(27)33-19-10-15(5-7-17(12)19)32-13(2)22(28)24-25-34(29,30)16-6-8-18(23-14(3)26)20(11-16)31-4/h5-11,13,25H,1-4H3,(H,23,26)(H,24,28)/t13-/m1/s1. The number of carbonyl (C=O) groups is 2. The third-order valence-corrected chi connectivity index (χ3v) is 5.95. The average Bonchev–Trinajstić information content (AvgIpc) is 2.76. The van der Waals surface area contributed by atoms with Gasteiger partial charge in [0.15, 0.2) is 6.10 Å². The molecule has 180 valence electrons. The van der Waals surface area contributed by atoms with Crippen molar-refractivity contribution in [1.82, 2.24) is 10.3 Å². The van der Waals surface area contributed by atoms with E-state index in [0.29, 0.717) is 11.3 Å². The second-order valence-electron chi connectivity index (χ2n) is 7.30. The molecule has 11 nitrogen and oxygen atoms in total. The van der Waals surface area contributed by atoms with Crippen LogP contribution in [0.1, 0.15) is 19.4 Å². The number of hydrogen-bond acceptors (Lipinski definition) is 8. The maximum absolute atomic E-state index is 12.6. The molecule has 0 aliphatic heterocycles. The highest BCUT2D eigenvalue weighted by molar-refractivity contribution is 7.89. The summed E-state index contributed by atoms with van der Waals surface area (Å²) in [5.41, 5.74) is 2.91. The largest absolute Gasteiger partial charge is 0.495 e. The highest BCUT2D eigenvalue weighted by Crippen LogP contribution is 2.27. The summed E-state index contributed by atoms with van der Waals surface area (Å²) in [6.07, 6.45) is -1.09. The normalized spacial score (nSPS) is 12.1. The lowest BCUT2D eigenvalue weighted by Crippen LogP contribution is -2.47. The van der Waals surface area contributed by atoms with Crippen LogP contribution in [0, 0.1) is 6.92 Å². The summed E-state index contributed by atoms with van der Waals surface area (Å²) in [4.78, 5) is 37.0. The highest BCUT2D eigenvalue weighted by Gasteiger charge is 2.21. The summed E-state index contributed by atoms with van der Waals surface area (Å²) in [5, 5.41) is 3.24. The summed E-state index contributed by atoms with van der Waals surface area (Å²) in [7, 11) is -2.83. The Morgan fingerprint density at radius 3 is 2.50 bits per heavy atom. The van der Waals surface area contributed by atoms with Crippen molar-refractivity contribution < 1.29 is 31.9 Å². The molecule has 1 heterocycles. The van der Waals surface area contributed by atoms with Crippen LogP contribution in [0.3, 0.4) is 0 Å². The van der Waals surface area contributed by atoms with Gasteiger partial charge in [-0.1, -0.05) is 0 Å². The molecule has 12 heteroatoms. The Hall–Kier alpha value is -3.90. The van der Waals surface area contributed by atoms with Crippen LogP contribution in [0.2, 0.25) is 0 Å². The topological polar surface area (TPSA) is 153 Å². The molecule has 1 atom stereocenters. The van der Waals surface area contributed by atoms with E-state index in [9.17, 15) is 22.8 Å². The van der Waals surface area contributed by atoms with Gasteiger partial charge < -0.3 is 19.2 Å². The van der Waals surface area contributed by atoms with Gasteiger partial charge in [0, 0.05) is 30.5 Å². The van der Waals surface area contributed by atoms with Crippen molar-refractivity contribution in [2.75, 3.05) is 12.4 Å². The van der Waals surface area contributed by atoms with E-state index >= 15 is 0 Å². The van der Waals surface area contributed by atoms with Crippen molar-refractivity contribution in [1.29, 1.82) is 0 Å². The first-order valence-corrected chi connectivity index (χ1v) is 11.5. The summed E-state index contributed by atoms with van der Waals surface area (Å²) in [6.45, 7) is 4.50. The number of sulfonamides is 1. The smallest absolute Gasteiger partial charge is 0.336 e. The molecule has 0 fully saturated rings. The summed E-state index contributed by atoms with van der Waals surface area (Å²) >= 11 is 0. The van der Waals surface area contributed by atoms with Gasteiger partial charge in [0.2, 0.25) is 5.91 Å². The number of nitrogens with one attached hydrogen (secondary N) is 3. The molecule has 34 heavy (non-hydrogen) atoms. The zero-order valence-corrected chi connectivity index (χ0v) is 19.6. The van der Waals surface area contributed by atoms with Crippen LogP contribution in [0.25, 0.3) is 11.0 Å². The zero-order chi connectivity index (χ0) is 25.0. The molecule has 2 aromatic carbocycles. The molecule has 3 N–H and O–H groups in total. The van der Waals surface area contributed by atoms with E-state index in [1.165, 1.54) is 51.3 Å². The van der Waals surface area contributed by atoms with E-state index in [1.807, 2.05) is 4.83 Å². The van der Waals surface area contributed by atoms with Crippen molar-refractivity contribution in [2.24, 2.45) is 0 Å². The molecule has 3 aromatic rings. The minimum absolute atomic E-state index is 0.124. The molecule has 0 saturated heterocycles. The van der Waals surface area contributed by atoms with Crippen molar-refractivity contribution in [3.8, 4) is 11.5 Å². The van der Waals surface area contributed by atoms with Crippen LogP contribution in [0.15, 0.2) is 56.6 Å². The number of fused-ring (bicyclic) bond motifs is 1. The molecular formula is C22H23N3O8S. The van der Waals surface area contributed by atoms with Crippen molar-refractivity contribution >= 4 is 38.5 Å². The lowest BCUT2D eigenvalue weighted by molar-refractivity contribution is -0.127. The van der Waals surface area contributed by atoms with Gasteiger partial charge in [0.05, 0.1) is 17.7 Å². The molecule has 0 aliphatic carbocycles. The highest BCUT2D eigenvalue weighted by atomic mass is 32.2. The van der Waals surface area contributed by atoms with Gasteiger partial charge in [-0.15, -0.1) is 4.83 Å². The molecular weight excluding hydrogens is 466 g/mol. The number of methoxy groups -OCH3 is 1. The number of hydrogen-bond donors (Lipinski definition) is 3. The Kier molecular flexibility index (Phi) is 7.23. The predicted octanol–water partition coefficient (Wildman–Crippen LogP) is 1.85. The number of carbonyl (C=O) groups excluding carboxylic acids is 2. The monoisotopic (exact) mass is 489 g/mol. The Bertz CT molecular complexity index is 1420. The minimum Gasteiger partial charge on any atom is -0.495 e. The molecule has 0 unspecified atom stereocenters. The second-order valence-corrected chi connectivity index (χ2v) is 8.99. The molecule has 0 radical (unpaired) electrons. The Morgan fingerprint density at radius 2 is 1.82 bits per heavy atom. The van der Waals surface area contributed by atoms with Crippen molar-refractivity contribution in [3.05, 3.63) is 58.4 Å². The Labute approximate surface area is 195 Å². The summed E-state index contributed by atoms with van der Waals surface area (Å²) in [6, 6.07) is 9.94. The fraction of sp³-hybridized carbons (Fsp3) is 0.227. The number of anilines is 1. The molecule has 2 amide bonds. The fourth-order valence-electron chi connectivity index (χ4n) is 3.05. The van der Waals surface area contributed by atoms with Gasteiger partial charge in [-0.25, -0.2) is 13.2 Å². The first-order chi connectivity index (χ1) is 16.0. The lowest BCUT2D eigenvalue weighted by atomic mass is 10.1. The summed E-state index contributed by atoms with van der Waals surface area (Å²) < 4.78 is 41.0. The number of benzene rings is 2. The van der Waals surface area contributed by atoms with Gasteiger partial charge >= 0.3 is 5.63 Å². The van der Waals surface area contributed by atoms with Gasteiger partial charge in [0.1, 0.15) is 17.1 Å². The molecule has 1 aromatic heterocycles. The van der Waals surface area contributed by atoms with Crippen LogP contribution in [0.4, 0.5) is 5.69 Å². The molecule has 0 aliphatic rings. The number of rotatable bonds is 8. The van der Waals surface area contributed by atoms with Crippen LogP contribution in [0.5, 0.6) is 11.5 Å². The van der Waals surface area contributed by atoms with Gasteiger partial charge in [-0.3, -0.25) is 15.0 Å². The average molecular weight is 490 g/mol.